The Morgan fingerprint density at radius 3 is 2.66 bits per heavy atom. The molecule has 0 radical (unpaired) electrons. The summed E-state index contributed by atoms with van der Waals surface area (Å²) in [4.78, 5) is 22.2. The van der Waals surface area contributed by atoms with E-state index < -0.39 is 5.82 Å². The normalized spacial score (nSPS) is 14.3. The van der Waals surface area contributed by atoms with Gasteiger partial charge in [0.05, 0.1) is 17.6 Å². The Morgan fingerprint density at radius 1 is 1.19 bits per heavy atom. The van der Waals surface area contributed by atoms with Gasteiger partial charge in [-0.3, -0.25) is 0 Å². The molecule has 2 amide bonds. The minimum Gasteiger partial charge on any atom is -0.493 e. The Kier molecular flexibility index (Phi) is 6.45. The van der Waals surface area contributed by atoms with Gasteiger partial charge in [-0.05, 0) is 24.3 Å². The maximum absolute atomic E-state index is 13.5. The van der Waals surface area contributed by atoms with Gasteiger partial charge in [0.25, 0.3) is 0 Å². The number of nitrogens with zero attached hydrogens (tertiary/aromatic N) is 3. The van der Waals surface area contributed by atoms with Crippen LogP contribution in [0, 0.1) is 5.82 Å². The number of carbonyl (C=O) groups is 1. The van der Waals surface area contributed by atoms with E-state index in [0.29, 0.717) is 59.8 Å². The standard InChI is InChI=1S/C22H23ClFN5O3/c1-25-22(30)29-7-5-14(6-8-29)32-20-10-15-18(11-19(20)31-2)26-12-27-21(15)28-13-3-4-17(24)16(23)9-13/h3-4,9-12,14H,5-8H2,1-2H3,(H,25,30)(H,26,27,28). The minimum absolute atomic E-state index is 0.0159. The summed E-state index contributed by atoms with van der Waals surface area (Å²) in [5, 5.41) is 6.54. The molecule has 0 aliphatic carbocycles. The van der Waals surface area contributed by atoms with Gasteiger partial charge in [-0.1, -0.05) is 11.6 Å². The molecular weight excluding hydrogens is 437 g/mol. The lowest BCUT2D eigenvalue weighted by atomic mass is 10.1. The van der Waals surface area contributed by atoms with E-state index in [-0.39, 0.29) is 17.2 Å². The molecule has 32 heavy (non-hydrogen) atoms. The Hall–Kier alpha value is -3.33. The third kappa shape index (κ3) is 4.62. The molecule has 0 saturated carbocycles. The molecule has 0 spiro atoms. The molecule has 2 aromatic carbocycles. The summed E-state index contributed by atoms with van der Waals surface area (Å²) in [5.41, 5.74) is 1.26. The number of anilines is 2. The number of piperidine rings is 1. The van der Waals surface area contributed by atoms with Gasteiger partial charge in [0, 0.05) is 50.1 Å². The van der Waals surface area contributed by atoms with Crippen LogP contribution in [0.5, 0.6) is 11.5 Å². The Bertz CT molecular complexity index is 1140. The van der Waals surface area contributed by atoms with Gasteiger partial charge < -0.3 is 25.0 Å². The van der Waals surface area contributed by atoms with Gasteiger partial charge in [0.2, 0.25) is 0 Å². The van der Waals surface area contributed by atoms with Crippen LogP contribution in [0.15, 0.2) is 36.7 Å². The molecular formula is C22H23ClFN5O3. The molecule has 2 N–H and O–H groups in total. The van der Waals surface area contributed by atoms with Crippen molar-refractivity contribution in [1.29, 1.82) is 0 Å². The van der Waals surface area contributed by atoms with E-state index in [1.807, 2.05) is 6.07 Å². The number of benzene rings is 2. The zero-order chi connectivity index (χ0) is 22.7. The number of methoxy groups -OCH3 is 1. The molecule has 3 aromatic rings. The number of likely N-dealkylation sites (tertiary alicyclic amines) is 1. The van der Waals surface area contributed by atoms with Crippen LogP contribution in [0.25, 0.3) is 10.9 Å². The molecule has 1 aliphatic heterocycles. The number of hydrogen-bond donors (Lipinski definition) is 2. The van der Waals surface area contributed by atoms with Crippen molar-refractivity contribution in [1.82, 2.24) is 20.2 Å². The maximum atomic E-state index is 13.5. The number of halogens is 2. The lowest BCUT2D eigenvalue weighted by Gasteiger charge is -2.32. The summed E-state index contributed by atoms with van der Waals surface area (Å²) < 4.78 is 25.3. The second-order valence-corrected chi connectivity index (χ2v) is 7.76. The fourth-order valence-electron chi connectivity index (χ4n) is 3.64. The molecule has 0 bridgehead atoms. The molecule has 168 valence electrons. The quantitative estimate of drug-likeness (QED) is 0.589. The summed E-state index contributed by atoms with van der Waals surface area (Å²) in [6.07, 6.45) is 2.79. The topological polar surface area (TPSA) is 88.6 Å². The Balaban J connectivity index is 1.59. The fraction of sp³-hybridized carbons (Fsp3) is 0.318. The van der Waals surface area contributed by atoms with Gasteiger partial charge in [-0.25, -0.2) is 19.2 Å². The molecule has 10 heteroatoms. The monoisotopic (exact) mass is 459 g/mol. The smallest absolute Gasteiger partial charge is 0.317 e. The highest BCUT2D eigenvalue weighted by molar-refractivity contribution is 6.31. The first kappa shape index (κ1) is 21.9. The fourth-order valence-corrected chi connectivity index (χ4v) is 3.82. The average molecular weight is 460 g/mol. The number of aromatic nitrogens is 2. The summed E-state index contributed by atoms with van der Waals surface area (Å²) in [6.45, 7) is 1.23. The van der Waals surface area contributed by atoms with E-state index in [2.05, 4.69) is 20.6 Å². The molecule has 1 fully saturated rings. The second kappa shape index (κ2) is 9.44. The summed E-state index contributed by atoms with van der Waals surface area (Å²) in [6, 6.07) is 7.89. The van der Waals surface area contributed by atoms with Crippen molar-refractivity contribution in [2.24, 2.45) is 0 Å². The third-order valence-corrected chi connectivity index (χ3v) is 5.63. The van der Waals surface area contributed by atoms with Crippen LogP contribution in [0.1, 0.15) is 12.8 Å². The van der Waals surface area contributed by atoms with E-state index in [9.17, 15) is 9.18 Å². The van der Waals surface area contributed by atoms with Crippen molar-refractivity contribution in [3.8, 4) is 11.5 Å². The van der Waals surface area contributed by atoms with Crippen LogP contribution in [0.2, 0.25) is 5.02 Å². The van der Waals surface area contributed by atoms with Crippen molar-refractivity contribution in [3.05, 3.63) is 47.5 Å². The van der Waals surface area contributed by atoms with Gasteiger partial charge in [-0.15, -0.1) is 0 Å². The van der Waals surface area contributed by atoms with Crippen LogP contribution in [-0.4, -0.2) is 54.2 Å². The van der Waals surface area contributed by atoms with E-state index in [0.717, 1.165) is 0 Å². The molecule has 8 nitrogen and oxygen atoms in total. The van der Waals surface area contributed by atoms with Crippen molar-refractivity contribution in [2.45, 2.75) is 18.9 Å². The number of amides is 2. The molecule has 2 heterocycles. The van der Waals surface area contributed by atoms with Gasteiger partial charge in [0.1, 0.15) is 24.1 Å². The van der Waals surface area contributed by atoms with Crippen molar-refractivity contribution >= 4 is 40.0 Å². The van der Waals surface area contributed by atoms with Crippen LogP contribution in [0.3, 0.4) is 0 Å². The molecule has 1 aliphatic rings. The first-order valence-corrected chi connectivity index (χ1v) is 10.5. The molecule has 1 saturated heterocycles. The number of carbonyl (C=O) groups excluding carboxylic acids is 1. The van der Waals surface area contributed by atoms with Crippen molar-refractivity contribution in [3.63, 3.8) is 0 Å². The number of nitrogens with one attached hydrogen (secondary N) is 2. The van der Waals surface area contributed by atoms with Gasteiger partial charge >= 0.3 is 6.03 Å². The highest BCUT2D eigenvalue weighted by Crippen LogP contribution is 2.36. The number of fused-ring (bicyclic) bond motifs is 1. The van der Waals surface area contributed by atoms with E-state index in [4.69, 9.17) is 21.1 Å². The highest BCUT2D eigenvalue weighted by Gasteiger charge is 2.24. The first-order chi connectivity index (χ1) is 15.5. The largest absolute Gasteiger partial charge is 0.493 e. The predicted octanol–water partition coefficient (Wildman–Crippen LogP) is 4.36. The van der Waals surface area contributed by atoms with Gasteiger partial charge in [-0.2, -0.15) is 0 Å². The molecule has 4 rings (SSSR count). The SMILES string of the molecule is CNC(=O)N1CCC(Oc2cc3c(Nc4ccc(F)c(Cl)c4)ncnc3cc2OC)CC1. The third-order valence-electron chi connectivity index (χ3n) is 5.34. The highest BCUT2D eigenvalue weighted by atomic mass is 35.5. The molecule has 0 unspecified atom stereocenters. The second-order valence-electron chi connectivity index (χ2n) is 7.36. The zero-order valence-electron chi connectivity index (χ0n) is 17.7. The minimum atomic E-state index is -0.493. The van der Waals surface area contributed by atoms with Gasteiger partial charge in [0.15, 0.2) is 11.5 Å². The number of hydrogen-bond acceptors (Lipinski definition) is 6. The number of urea groups is 1. The van der Waals surface area contributed by atoms with Crippen LogP contribution in [0.4, 0.5) is 20.7 Å². The number of rotatable bonds is 5. The Morgan fingerprint density at radius 2 is 1.97 bits per heavy atom. The zero-order valence-corrected chi connectivity index (χ0v) is 18.4. The van der Waals surface area contributed by atoms with Crippen LogP contribution in [-0.2, 0) is 0 Å². The van der Waals surface area contributed by atoms with Crippen molar-refractivity contribution < 1.29 is 18.7 Å². The Labute approximate surface area is 189 Å². The number of ether oxygens (including phenoxy) is 2. The summed E-state index contributed by atoms with van der Waals surface area (Å²) in [7, 11) is 3.20. The first-order valence-electron chi connectivity index (χ1n) is 10.2. The predicted molar refractivity (Wildman–Crippen MR) is 120 cm³/mol. The van der Waals surface area contributed by atoms with Crippen LogP contribution < -0.4 is 20.1 Å². The summed E-state index contributed by atoms with van der Waals surface area (Å²) >= 11 is 5.90. The maximum Gasteiger partial charge on any atom is 0.317 e. The average Bonchev–Trinajstić information content (AvgIpc) is 2.81. The molecule has 0 atom stereocenters. The van der Waals surface area contributed by atoms with Crippen LogP contribution >= 0.6 is 11.6 Å². The van der Waals surface area contributed by atoms with E-state index in [1.54, 1.807) is 31.2 Å². The molecule has 1 aromatic heterocycles. The van der Waals surface area contributed by atoms with E-state index >= 15 is 0 Å². The summed E-state index contributed by atoms with van der Waals surface area (Å²) in [5.74, 6) is 1.15. The lowest BCUT2D eigenvalue weighted by molar-refractivity contribution is 0.109. The van der Waals surface area contributed by atoms with E-state index in [1.165, 1.54) is 18.5 Å². The lowest BCUT2D eigenvalue weighted by Crippen LogP contribution is -2.45. The van der Waals surface area contributed by atoms with Crippen molar-refractivity contribution in [2.75, 3.05) is 32.6 Å².